The van der Waals surface area contributed by atoms with Crippen molar-refractivity contribution in [3.63, 3.8) is 0 Å². The second-order valence-electron chi connectivity index (χ2n) is 6.03. The van der Waals surface area contributed by atoms with Crippen LogP contribution in [0.25, 0.3) is 10.6 Å². The number of nitrogens with one attached hydrogen (secondary N) is 1. The lowest BCUT2D eigenvalue weighted by atomic mass is 10.2. The summed E-state index contributed by atoms with van der Waals surface area (Å²) in [6.07, 6.45) is 0. The summed E-state index contributed by atoms with van der Waals surface area (Å²) in [6.45, 7) is 3.73. The first-order chi connectivity index (χ1) is 12.5. The van der Waals surface area contributed by atoms with Crippen LogP contribution in [0.2, 0.25) is 0 Å². The van der Waals surface area contributed by atoms with Gasteiger partial charge in [0.25, 0.3) is 0 Å². The first-order valence-electron chi connectivity index (χ1n) is 8.27. The molecule has 0 unspecified atom stereocenters. The maximum absolute atomic E-state index is 12.5. The van der Waals surface area contributed by atoms with Crippen LogP contribution in [0.15, 0.2) is 60.0 Å². The number of rotatable bonds is 6. The summed E-state index contributed by atoms with van der Waals surface area (Å²) in [5, 5.41) is 5.00. The van der Waals surface area contributed by atoms with Gasteiger partial charge in [-0.2, -0.15) is 0 Å². The quantitative estimate of drug-likeness (QED) is 0.685. The number of hydrogen-bond acceptors (Lipinski definition) is 4. The molecular weight excluding hydrogens is 364 g/mol. The molecule has 0 fully saturated rings. The van der Waals surface area contributed by atoms with Gasteiger partial charge >= 0.3 is 0 Å². The summed E-state index contributed by atoms with van der Waals surface area (Å²) in [5.74, 6) is 0.0228. The number of nitrogens with zero attached hydrogens (tertiary/aromatic N) is 1. The highest BCUT2D eigenvalue weighted by Crippen LogP contribution is 2.25. The minimum atomic E-state index is -1.33. The van der Waals surface area contributed by atoms with E-state index < -0.39 is 16.0 Å². The van der Waals surface area contributed by atoms with Gasteiger partial charge in [-0.1, -0.05) is 48.0 Å². The molecule has 26 heavy (non-hydrogen) atoms. The van der Waals surface area contributed by atoms with Crippen LogP contribution in [0.5, 0.6) is 0 Å². The van der Waals surface area contributed by atoms with Gasteiger partial charge in [0.15, 0.2) is 0 Å². The molecule has 3 aromatic rings. The molecule has 0 saturated heterocycles. The number of para-hydroxylation sites is 1. The van der Waals surface area contributed by atoms with Crippen molar-refractivity contribution in [2.24, 2.45) is 0 Å². The minimum Gasteiger partial charge on any atom is -0.325 e. The van der Waals surface area contributed by atoms with Gasteiger partial charge in [0.2, 0.25) is 5.91 Å². The average molecular weight is 385 g/mol. The highest BCUT2D eigenvalue weighted by Gasteiger charge is 2.21. The van der Waals surface area contributed by atoms with Crippen LogP contribution in [-0.2, 0) is 21.3 Å². The van der Waals surface area contributed by atoms with E-state index in [1.807, 2.05) is 66.9 Å². The van der Waals surface area contributed by atoms with E-state index in [0.717, 1.165) is 16.3 Å². The molecule has 0 aliphatic heterocycles. The molecule has 4 nitrogen and oxygen atoms in total. The molecule has 134 valence electrons. The number of benzene rings is 2. The third-order valence-electron chi connectivity index (χ3n) is 3.95. The van der Waals surface area contributed by atoms with Gasteiger partial charge < -0.3 is 5.32 Å². The number of carbonyl (C=O) groups is 1. The molecule has 1 heterocycles. The van der Waals surface area contributed by atoms with Crippen molar-refractivity contribution in [3.05, 3.63) is 71.2 Å². The fourth-order valence-electron chi connectivity index (χ4n) is 2.36. The number of thiazole rings is 1. The van der Waals surface area contributed by atoms with E-state index in [2.05, 4.69) is 10.3 Å². The molecule has 1 N–H and O–H groups in total. The molecule has 1 aromatic heterocycles. The minimum absolute atomic E-state index is 0.247. The SMILES string of the molecule is Cc1ccc(-c2nc(C[S@](=O)[C@@H](C)C(=O)Nc3ccccc3)cs2)cc1. The Hall–Kier alpha value is -2.31. The van der Waals surface area contributed by atoms with Gasteiger partial charge in [-0.15, -0.1) is 11.3 Å². The molecule has 2 atom stereocenters. The summed E-state index contributed by atoms with van der Waals surface area (Å²) in [4.78, 5) is 16.9. The Labute approximate surface area is 159 Å². The number of carbonyl (C=O) groups excluding carboxylic acids is 1. The van der Waals surface area contributed by atoms with Crippen molar-refractivity contribution >= 4 is 33.7 Å². The first kappa shape index (κ1) is 18.5. The van der Waals surface area contributed by atoms with Gasteiger partial charge in [-0.3, -0.25) is 9.00 Å². The van der Waals surface area contributed by atoms with E-state index in [0.29, 0.717) is 5.69 Å². The molecule has 1 amide bonds. The molecule has 0 radical (unpaired) electrons. The van der Waals surface area contributed by atoms with Crippen LogP contribution < -0.4 is 5.32 Å². The zero-order valence-corrected chi connectivity index (χ0v) is 16.3. The second kappa shape index (κ2) is 8.38. The molecule has 0 spiro atoms. The zero-order chi connectivity index (χ0) is 18.5. The van der Waals surface area contributed by atoms with Gasteiger partial charge in [-0.25, -0.2) is 4.98 Å². The predicted molar refractivity (Wildman–Crippen MR) is 109 cm³/mol. The lowest BCUT2D eigenvalue weighted by Crippen LogP contribution is -2.29. The number of anilines is 1. The fraction of sp³-hybridized carbons (Fsp3) is 0.200. The third kappa shape index (κ3) is 4.65. The summed E-state index contributed by atoms with van der Waals surface area (Å²) in [7, 11) is -1.33. The van der Waals surface area contributed by atoms with Crippen LogP contribution in [-0.4, -0.2) is 20.3 Å². The van der Waals surface area contributed by atoms with Gasteiger partial charge in [0.05, 0.1) is 11.4 Å². The second-order valence-corrected chi connectivity index (χ2v) is 8.65. The number of aryl methyl sites for hydroxylation is 1. The molecule has 0 aliphatic rings. The monoisotopic (exact) mass is 384 g/mol. The Kier molecular flexibility index (Phi) is 5.96. The highest BCUT2D eigenvalue weighted by molar-refractivity contribution is 7.85. The Morgan fingerprint density at radius 3 is 2.54 bits per heavy atom. The first-order valence-corrected chi connectivity index (χ1v) is 10.5. The van der Waals surface area contributed by atoms with Gasteiger partial charge in [0, 0.05) is 27.4 Å². The Bertz CT molecular complexity index is 905. The number of hydrogen-bond donors (Lipinski definition) is 1. The Morgan fingerprint density at radius 2 is 1.85 bits per heavy atom. The highest BCUT2D eigenvalue weighted by atomic mass is 32.2. The van der Waals surface area contributed by atoms with Crippen LogP contribution in [0.4, 0.5) is 5.69 Å². The molecule has 0 saturated carbocycles. The van der Waals surface area contributed by atoms with E-state index in [-0.39, 0.29) is 11.7 Å². The van der Waals surface area contributed by atoms with Gasteiger partial charge in [0.1, 0.15) is 10.3 Å². The van der Waals surface area contributed by atoms with E-state index >= 15 is 0 Å². The largest absolute Gasteiger partial charge is 0.325 e. The lowest BCUT2D eigenvalue weighted by molar-refractivity contribution is -0.115. The summed E-state index contributed by atoms with van der Waals surface area (Å²) in [6, 6.07) is 17.3. The number of amides is 1. The molecule has 0 aliphatic carbocycles. The topological polar surface area (TPSA) is 59.1 Å². The maximum atomic E-state index is 12.5. The lowest BCUT2D eigenvalue weighted by Gasteiger charge is -2.11. The van der Waals surface area contributed by atoms with Crippen LogP contribution in [0.3, 0.4) is 0 Å². The maximum Gasteiger partial charge on any atom is 0.239 e. The fourth-order valence-corrected chi connectivity index (χ4v) is 4.28. The van der Waals surface area contributed by atoms with Crippen molar-refractivity contribution in [2.75, 3.05) is 5.32 Å². The van der Waals surface area contributed by atoms with Crippen molar-refractivity contribution in [2.45, 2.75) is 24.9 Å². The van der Waals surface area contributed by atoms with E-state index in [1.54, 1.807) is 6.92 Å². The summed E-state index contributed by atoms with van der Waals surface area (Å²) in [5.41, 5.74) is 3.71. The zero-order valence-electron chi connectivity index (χ0n) is 14.6. The average Bonchev–Trinajstić information content (AvgIpc) is 3.11. The molecule has 2 aromatic carbocycles. The normalized spacial score (nSPS) is 13.2. The molecular formula is C20H20N2O2S2. The standard InChI is InChI=1S/C20H20N2O2S2/c1-14-8-10-16(11-9-14)20-22-18(12-25-20)13-26(24)15(2)19(23)21-17-6-4-3-5-7-17/h3-12,15H,13H2,1-2H3,(H,21,23)/t15-,26-/m0/s1. The Morgan fingerprint density at radius 1 is 1.15 bits per heavy atom. The smallest absolute Gasteiger partial charge is 0.239 e. The van der Waals surface area contributed by atoms with Crippen LogP contribution in [0.1, 0.15) is 18.2 Å². The van der Waals surface area contributed by atoms with Crippen LogP contribution >= 0.6 is 11.3 Å². The van der Waals surface area contributed by atoms with E-state index in [9.17, 15) is 9.00 Å². The molecule has 3 rings (SSSR count). The van der Waals surface area contributed by atoms with Gasteiger partial charge in [-0.05, 0) is 26.0 Å². The molecule has 0 bridgehead atoms. The summed E-state index contributed by atoms with van der Waals surface area (Å²) < 4.78 is 12.5. The molecule has 6 heteroatoms. The number of aromatic nitrogens is 1. The predicted octanol–water partition coefficient (Wildman–Crippen LogP) is 4.39. The van der Waals surface area contributed by atoms with Crippen molar-refractivity contribution in [1.82, 2.24) is 4.98 Å². The van der Waals surface area contributed by atoms with Crippen LogP contribution in [0, 0.1) is 6.92 Å². The van der Waals surface area contributed by atoms with Crippen molar-refractivity contribution in [3.8, 4) is 10.6 Å². The summed E-state index contributed by atoms with van der Waals surface area (Å²) >= 11 is 1.53. The van der Waals surface area contributed by atoms with E-state index in [1.165, 1.54) is 16.9 Å². The Balaban J connectivity index is 1.62. The van der Waals surface area contributed by atoms with Crippen molar-refractivity contribution in [1.29, 1.82) is 0 Å². The van der Waals surface area contributed by atoms with E-state index in [4.69, 9.17) is 0 Å². The van der Waals surface area contributed by atoms with Crippen molar-refractivity contribution < 1.29 is 9.00 Å². The third-order valence-corrected chi connectivity index (χ3v) is 6.47.